The summed E-state index contributed by atoms with van der Waals surface area (Å²) in [4.78, 5) is 0.335. The first-order chi connectivity index (χ1) is 9.21. The number of hydrogen-bond acceptors (Lipinski definition) is 3. The Morgan fingerprint density at radius 3 is 2.45 bits per heavy atom. The molecule has 0 spiro atoms. The summed E-state index contributed by atoms with van der Waals surface area (Å²) in [5, 5.41) is 3.22. The van der Waals surface area contributed by atoms with Crippen molar-refractivity contribution >= 4 is 26.0 Å². The quantitative estimate of drug-likeness (QED) is 0.846. The molecule has 4 nitrogen and oxygen atoms in total. The highest BCUT2D eigenvalue weighted by Crippen LogP contribution is 2.29. The summed E-state index contributed by atoms with van der Waals surface area (Å²) < 4.78 is 27.3. The third-order valence-electron chi connectivity index (χ3n) is 3.24. The first kappa shape index (κ1) is 17.6. The maximum absolute atomic E-state index is 12.6. The number of rotatable bonds is 6. The summed E-state index contributed by atoms with van der Waals surface area (Å²) in [6.07, 6.45) is 0. The van der Waals surface area contributed by atoms with Crippen molar-refractivity contribution < 1.29 is 8.42 Å². The van der Waals surface area contributed by atoms with Crippen LogP contribution in [0.3, 0.4) is 0 Å². The molecular weight excluding hydrogens is 340 g/mol. The van der Waals surface area contributed by atoms with Gasteiger partial charge in [-0.25, -0.2) is 8.42 Å². The normalized spacial score (nSPS) is 12.4. The Bertz CT molecular complexity index is 571. The molecule has 1 aromatic rings. The third kappa shape index (κ3) is 3.81. The van der Waals surface area contributed by atoms with Crippen molar-refractivity contribution in [1.82, 2.24) is 9.62 Å². The average molecular weight is 363 g/mol. The van der Waals surface area contributed by atoms with Gasteiger partial charge in [-0.2, -0.15) is 4.31 Å². The minimum Gasteiger partial charge on any atom is -0.313 e. The molecule has 6 heteroatoms. The third-order valence-corrected chi connectivity index (χ3v) is 6.62. The van der Waals surface area contributed by atoms with Crippen LogP contribution in [-0.4, -0.2) is 32.4 Å². The molecule has 0 aliphatic rings. The number of nitrogens with one attached hydrogen (secondary N) is 1. The van der Waals surface area contributed by atoms with Crippen molar-refractivity contribution in [1.29, 1.82) is 0 Å². The van der Waals surface area contributed by atoms with Gasteiger partial charge >= 0.3 is 0 Å². The first-order valence-corrected chi connectivity index (χ1v) is 8.92. The topological polar surface area (TPSA) is 49.4 Å². The summed E-state index contributed by atoms with van der Waals surface area (Å²) in [5.41, 5.74) is 1.90. The van der Waals surface area contributed by atoms with Gasteiger partial charge in [-0.05, 0) is 60.4 Å². The molecule has 0 aliphatic heterocycles. The monoisotopic (exact) mass is 362 g/mol. The molecule has 114 valence electrons. The molecule has 0 radical (unpaired) electrons. The zero-order chi connectivity index (χ0) is 15.5. The molecule has 1 rings (SSSR count). The van der Waals surface area contributed by atoms with Crippen molar-refractivity contribution in [2.45, 2.75) is 45.2 Å². The van der Waals surface area contributed by atoms with Crippen LogP contribution in [0.15, 0.2) is 21.5 Å². The van der Waals surface area contributed by atoms with Crippen LogP contribution in [0.2, 0.25) is 0 Å². The fourth-order valence-corrected chi connectivity index (χ4v) is 4.20. The molecule has 0 amide bonds. The van der Waals surface area contributed by atoms with Gasteiger partial charge in [0.05, 0.1) is 4.90 Å². The van der Waals surface area contributed by atoms with E-state index in [-0.39, 0.29) is 6.04 Å². The number of aryl methyl sites for hydroxylation is 1. The van der Waals surface area contributed by atoms with Crippen molar-refractivity contribution in [2.24, 2.45) is 0 Å². The van der Waals surface area contributed by atoms with Crippen LogP contribution in [0.25, 0.3) is 0 Å². The lowest BCUT2D eigenvalue weighted by molar-refractivity contribution is 0.410. The highest BCUT2D eigenvalue weighted by molar-refractivity contribution is 9.10. The van der Waals surface area contributed by atoms with Gasteiger partial charge in [0, 0.05) is 24.1 Å². The Morgan fingerprint density at radius 1 is 1.35 bits per heavy atom. The van der Waals surface area contributed by atoms with Gasteiger partial charge in [0.1, 0.15) is 0 Å². The Kier molecular flexibility index (Phi) is 6.19. The van der Waals surface area contributed by atoms with Gasteiger partial charge in [-0.15, -0.1) is 0 Å². The van der Waals surface area contributed by atoms with E-state index < -0.39 is 10.0 Å². The van der Waals surface area contributed by atoms with E-state index in [1.54, 1.807) is 13.1 Å². The van der Waals surface area contributed by atoms with Crippen molar-refractivity contribution in [3.63, 3.8) is 0 Å². The lowest BCUT2D eigenvalue weighted by Gasteiger charge is -2.22. The van der Waals surface area contributed by atoms with Crippen LogP contribution in [0.1, 0.15) is 31.9 Å². The van der Waals surface area contributed by atoms with Crippen LogP contribution < -0.4 is 5.32 Å². The second kappa shape index (κ2) is 7.02. The maximum atomic E-state index is 12.6. The zero-order valence-electron chi connectivity index (χ0n) is 12.7. The van der Waals surface area contributed by atoms with E-state index in [4.69, 9.17) is 0 Å². The van der Waals surface area contributed by atoms with Gasteiger partial charge < -0.3 is 5.32 Å². The molecule has 0 aliphatic carbocycles. The van der Waals surface area contributed by atoms with Gasteiger partial charge in [0.2, 0.25) is 10.0 Å². The van der Waals surface area contributed by atoms with Crippen molar-refractivity contribution in [3.05, 3.63) is 27.7 Å². The summed E-state index contributed by atoms with van der Waals surface area (Å²) in [5.74, 6) is 0. The van der Waals surface area contributed by atoms with E-state index in [9.17, 15) is 8.42 Å². The van der Waals surface area contributed by atoms with Gasteiger partial charge in [-0.3, -0.25) is 0 Å². The average Bonchev–Trinajstić information content (AvgIpc) is 2.38. The van der Waals surface area contributed by atoms with E-state index in [2.05, 4.69) is 21.2 Å². The smallest absolute Gasteiger partial charge is 0.244 e. The molecule has 0 aromatic heterocycles. The predicted octanol–water partition coefficient (Wildman–Crippen LogP) is 2.90. The van der Waals surface area contributed by atoms with Gasteiger partial charge in [-0.1, -0.05) is 13.0 Å². The fourth-order valence-electron chi connectivity index (χ4n) is 1.80. The second-order valence-electron chi connectivity index (χ2n) is 5.12. The molecule has 0 saturated carbocycles. The summed E-state index contributed by atoms with van der Waals surface area (Å²) in [7, 11) is -1.87. The molecule has 0 fully saturated rings. The molecule has 0 bridgehead atoms. The number of benzene rings is 1. The summed E-state index contributed by atoms with van der Waals surface area (Å²) >= 11 is 3.41. The van der Waals surface area contributed by atoms with Crippen LogP contribution in [0.5, 0.6) is 0 Å². The van der Waals surface area contributed by atoms with Crippen LogP contribution in [-0.2, 0) is 16.6 Å². The largest absolute Gasteiger partial charge is 0.313 e. The van der Waals surface area contributed by atoms with E-state index in [0.29, 0.717) is 15.9 Å². The summed E-state index contributed by atoms with van der Waals surface area (Å²) in [6, 6.07) is 3.67. The van der Waals surface area contributed by atoms with Gasteiger partial charge in [0.15, 0.2) is 0 Å². The van der Waals surface area contributed by atoms with E-state index >= 15 is 0 Å². The maximum Gasteiger partial charge on any atom is 0.244 e. The number of halogens is 1. The van der Waals surface area contributed by atoms with Crippen molar-refractivity contribution in [2.75, 3.05) is 13.6 Å². The second-order valence-corrected chi connectivity index (χ2v) is 7.88. The Morgan fingerprint density at radius 2 is 1.95 bits per heavy atom. The molecule has 0 unspecified atom stereocenters. The van der Waals surface area contributed by atoms with Gasteiger partial charge in [0.25, 0.3) is 0 Å². The minimum atomic E-state index is -3.48. The molecule has 1 aromatic carbocycles. The molecule has 0 atom stereocenters. The zero-order valence-corrected chi connectivity index (χ0v) is 15.1. The highest BCUT2D eigenvalue weighted by Gasteiger charge is 2.26. The number of nitrogens with zero attached hydrogens (tertiary/aromatic N) is 1. The predicted molar refractivity (Wildman–Crippen MR) is 86.3 cm³/mol. The van der Waals surface area contributed by atoms with Crippen LogP contribution >= 0.6 is 15.9 Å². The minimum absolute atomic E-state index is 0.0790. The highest BCUT2D eigenvalue weighted by atomic mass is 79.9. The van der Waals surface area contributed by atoms with E-state index in [0.717, 1.165) is 17.7 Å². The summed E-state index contributed by atoms with van der Waals surface area (Å²) in [6.45, 7) is 9.17. The lowest BCUT2D eigenvalue weighted by Crippen LogP contribution is -2.33. The van der Waals surface area contributed by atoms with Crippen LogP contribution in [0.4, 0.5) is 0 Å². The van der Waals surface area contributed by atoms with Crippen LogP contribution in [0, 0.1) is 6.92 Å². The standard InChI is InChI=1S/C14H23BrN2O2S/c1-6-16-9-12-7-11(4)14(15)13(8-12)20(18,19)17(5)10(2)3/h7-8,10,16H,6,9H2,1-5H3. The first-order valence-electron chi connectivity index (χ1n) is 6.69. The number of hydrogen-bond donors (Lipinski definition) is 1. The Labute approximate surface area is 130 Å². The molecule has 20 heavy (non-hydrogen) atoms. The Balaban J connectivity index is 3.33. The van der Waals surface area contributed by atoms with E-state index in [1.165, 1.54) is 4.31 Å². The van der Waals surface area contributed by atoms with Crippen molar-refractivity contribution in [3.8, 4) is 0 Å². The molecule has 1 N–H and O–H groups in total. The Hall–Kier alpha value is -0.430. The SMILES string of the molecule is CCNCc1cc(C)c(Br)c(S(=O)(=O)N(C)C(C)C)c1. The number of sulfonamides is 1. The molecule has 0 heterocycles. The molecule has 0 saturated heterocycles. The van der Waals surface area contributed by atoms with E-state index in [1.807, 2.05) is 33.8 Å². The molecular formula is C14H23BrN2O2S. The lowest BCUT2D eigenvalue weighted by atomic mass is 10.1. The fraction of sp³-hybridized carbons (Fsp3) is 0.571.